The molecule has 1 aliphatic rings. The van der Waals surface area contributed by atoms with Gasteiger partial charge in [0.1, 0.15) is 0 Å². The minimum absolute atomic E-state index is 0.0915. The molecular weight excluding hydrogens is 388 g/mol. The first-order valence-electron chi connectivity index (χ1n) is 11.3. The highest BCUT2D eigenvalue weighted by molar-refractivity contribution is 6.04. The first-order chi connectivity index (χ1) is 15.2. The van der Waals surface area contributed by atoms with Crippen LogP contribution in [-0.4, -0.2) is 46.8 Å². The predicted octanol–water partition coefficient (Wildman–Crippen LogP) is 3.94. The van der Waals surface area contributed by atoms with Gasteiger partial charge in [-0.3, -0.25) is 9.59 Å². The van der Waals surface area contributed by atoms with Crippen LogP contribution in [0.5, 0.6) is 0 Å². The Bertz CT molecular complexity index is 1090. The first kappa shape index (κ1) is 21.1. The van der Waals surface area contributed by atoms with Crippen LogP contribution in [0.2, 0.25) is 0 Å². The summed E-state index contributed by atoms with van der Waals surface area (Å²) in [5.74, 6) is -0.0915. The number of aryl methyl sites for hydroxylation is 1. The second kappa shape index (κ2) is 9.77. The Morgan fingerprint density at radius 1 is 0.871 bits per heavy atom. The van der Waals surface area contributed by atoms with E-state index in [-0.39, 0.29) is 11.5 Å². The van der Waals surface area contributed by atoms with E-state index in [2.05, 4.69) is 29.1 Å². The maximum Gasteiger partial charge on any atom is 0.275 e. The van der Waals surface area contributed by atoms with Crippen LogP contribution >= 0.6 is 0 Å². The van der Waals surface area contributed by atoms with Crippen LogP contribution in [0.1, 0.15) is 43.1 Å². The normalized spacial score (nSPS) is 14.2. The van der Waals surface area contributed by atoms with Crippen LogP contribution in [0.4, 0.5) is 5.69 Å². The lowest BCUT2D eigenvalue weighted by molar-refractivity contribution is 0.0740. The predicted molar refractivity (Wildman–Crippen MR) is 125 cm³/mol. The summed E-state index contributed by atoms with van der Waals surface area (Å²) >= 11 is 0. The van der Waals surface area contributed by atoms with Gasteiger partial charge < -0.3 is 9.80 Å². The SMILES string of the molecule is CCCCCCn1nc(C(=O)N2CCN(c3ccccc3)CC2)c2ccccc2c1=O. The van der Waals surface area contributed by atoms with E-state index in [0.717, 1.165) is 38.8 Å². The molecule has 4 rings (SSSR count). The summed E-state index contributed by atoms with van der Waals surface area (Å²) in [6.45, 7) is 5.55. The van der Waals surface area contributed by atoms with Gasteiger partial charge >= 0.3 is 0 Å². The molecule has 0 N–H and O–H groups in total. The zero-order valence-electron chi connectivity index (χ0n) is 18.2. The number of hydrogen-bond donors (Lipinski definition) is 0. The van der Waals surface area contributed by atoms with Crippen molar-refractivity contribution in [1.29, 1.82) is 0 Å². The molecule has 2 aromatic carbocycles. The molecule has 0 aliphatic carbocycles. The highest BCUT2D eigenvalue weighted by atomic mass is 16.2. The third-order valence-corrected chi connectivity index (χ3v) is 5.98. The Labute approximate surface area is 183 Å². The quantitative estimate of drug-likeness (QED) is 0.546. The molecule has 1 amide bonds. The molecule has 162 valence electrons. The standard InChI is InChI=1S/C25H30N4O2/c1-2-3-4-10-15-29-24(30)22-14-9-8-13-21(22)23(26-29)25(31)28-18-16-27(17-19-28)20-11-6-5-7-12-20/h5-9,11-14H,2-4,10,15-19H2,1H3. The van der Waals surface area contributed by atoms with E-state index in [0.29, 0.717) is 36.1 Å². The zero-order valence-corrected chi connectivity index (χ0v) is 18.2. The van der Waals surface area contributed by atoms with Crippen molar-refractivity contribution in [3.8, 4) is 0 Å². The van der Waals surface area contributed by atoms with Gasteiger partial charge in [-0.15, -0.1) is 0 Å². The third kappa shape index (κ3) is 4.63. The topological polar surface area (TPSA) is 58.4 Å². The number of amides is 1. The van der Waals surface area contributed by atoms with Crippen molar-refractivity contribution < 1.29 is 4.79 Å². The zero-order chi connectivity index (χ0) is 21.6. The molecule has 0 spiro atoms. The van der Waals surface area contributed by atoms with Gasteiger partial charge in [-0.1, -0.05) is 62.6 Å². The average molecular weight is 419 g/mol. The van der Waals surface area contributed by atoms with Crippen molar-refractivity contribution in [3.05, 3.63) is 70.6 Å². The smallest absolute Gasteiger partial charge is 0.275 e. The van der Waals surface area contributed by atoms with E-state index in [4.69, 9.17) is 0 Å². The molecule has 1 fully saturated rings. The Hall–Kier alpha value is -3.15. The fourth-order valence-corrected chi connectivity index (χ4v) is 4.19. The van der Waals surface area contributed by atoms with Crippen LogP contribution in [0.15, 0.2) is 59.4 Å². The van der Waals surface area contributed by atoms with Gasteiger partial charge in [-0.25, -0.2) is 4.68 Å². The summed E-state index contributed by atoms with van der Waals surface area (Å²) in [7, 11) is 0. The third-order valence-electron chi connectivity index (χ3n) is 5.98. The maximum atomic E-state index is 13.4. The molecule has 0 unspecified atom stereocenters. The molecule has 3 aromatic rings. The monoisotopic (exact) mass is 418 g/mol. The van der Waals surface area contributed by atoms with Gasteiger partial charge in [-0.2, -0.15) is 5.10 Å². The average Bonchev–Trinajstić information content (AvgIpc) is 2.83. The van der Waals surface area contributed by atoms with E-state index in [1.54, 1.807) is 6.07 Å². The lowest BCUT2D eigenvalue weighted by atomic mass is 10.1. The number of piperazine rings is 1. The van der Waals surface area contributed by atoms with Gasteiger partial charge in [-0.05, 0) is 24.6 Å². The van der Waals surface area contributed by atoms with Crippen molar-refractivity contribution in [2.75, 3.05) is 31.1 Å². The fraction of sp³-hybridized carbons (Fsp3) is 0.400. The molecule has 31 heavy (non-hydrogen) atoms. The van der Waals surface area contributed by atoms with Gasteiger partial charge in [0.15, 0.2) is 5.69 Å². The van der Waals surface area contributed by atoms with E-state index >= 15 is 0 Å². The molecule has 0 radical (unpaired) electrons. The summed E-state index contributed by atoms with van der Waals surface area (Å²) in [5.41, 5.74) is 1.45. The summed E-state index contributed by atoms with van der Waals surface area (Å²) in [5, 5.41) is 5.76. The van der Waals surface area contributed by atoms with Crippen LogP contribution in [0.25, 0.3) is 10.8 Å². The van der Waals surface area contributed by atoms with E-state index < -0.39 is 0 Å². The molecule has 0 saturated carbocycles. The minimum atomic E-state index is -0.113. The Morgan fingerprint density at radius 2 is 1.55 bits per heavy atom. The second-order valence-corrected chi connectivity index (χ2v) is 8.10. The number of para-hydroxylation sites is 1. The number of carbonyl (C=O) groups excluding carboxylic acids is 1. The number of anilines is 1. The van der Waals surface area contributed by atoms with E-state index in [1.807, 2.05) is 41.3 Å². The lowest BCUT2D eigenvalue weighted by Gasteiger charge is -2.36. The summed E-state index contributed by atoms with van der Waals surface area (Å²) in [6.07, 6.45) is 4.23. The van der Waals surface area contributed by atoms with Gasteiger partial charge in [0.05, 0.1) is 5.39 Å². The van der Waals surface area contributed by atoms with Crippen LogP contribution < -0.4 is 10.5 Å². The van der Waals surface area contributed by atoms with Crippen LogP contribution in [-0.2, 0) is 6.54 Å². The Morgan fingerprint density at radius 3 is 2.26 bits per heavy atom. The highest BCUT2D eigenvalue weighted by Crippen LogP contribution is 2.19. The number of unbranched alkanes of at least 4 members (excludes halogenated alkanes) is 3. The Kier molecular flexibility index (Phi) is 6.65. The Balaban J connectivity index is 1.56. The highest BCUT2D eigenvalue weighted by Gasteiger charge is 2.26. The number of rotatable bonds is 7. The first-order valence-corrected chi connectivity index (χ1v) is 11.3. The summed E-state index contributed by atoms with van der Waals surface area (Å²) in [4.78, 5) is 30.5. The molecule has 2 heterocycles. The fourth-order valence-electron chi connectivity index (χ4n) is 4.19. The van der Waals surface area contributed by atoms with Crippen LogP contribution in [0.3, 0.4) is 0 Å². The molecule has 6 nitrogen and oxygen atoms in total. The molecule has 1 saturated heterocycles. The number of benzene rings is 2. The minimum Gasteiger partial charge on any atom is -0.368 e. The largest absolute Gasteiger partial charge is 0.368 e. The van der Waals surface area contributed by atoms with Crippen molar-refractivity contribution >= 4 is 22.4 Å². The van der Waals surface area contributed by atoms with E-state index in [1.165, 1.54) is 10.4 Å². The molecule has 1 aliphatic heterocycles. The van der Waals surface area contributed by atoms with Crippen molar-refractivity contribution in [3.63, 3.8) is 0 Å². The summed E-state index contributed by atoms with van der Waals surface area (Å²) < 4.78 is 1.49. The lowest BCUT2D eigenvalue weighted by Crippen LogP contribution is -2.49. The molecule has 0 atom stereocenters. The number of aromatic nitrogens is 2. The molecular formula is C25H30N4O2. The molecule has 1 aromatic heterocycles. The number of carbonyl (C=O) groups is 1. The van der Waals surface area contributed by atoms with Gasteiger partial charge in [0.25, 0.3) is 11.5 Å². The number of nitrogens with zero attached hydrogens (tertiary/aromatic N) is 4. The van der Waals surface area contributed by atoms with Crippen molar-refractivity contribution in [2.45, 2.75) is 39.2 Å². The summed E-state index contributed by atoms with van der Waals surface area (Å²) in [6, 6.07) is 17.6. The molecule has 0 bridgehead atoms. The van der Waals surface area contributed by atoms with Crippen molar-refractivity contribution in [2.24, 2.45) is 0 Å². The second-order valence-electron chi connectivity index (χ2n) is 8.10. The number of fused-ring (bicyclic) bond motifs is 1. The van der Waals surface area contributed by atoms with Gasteiger partial charge in [0, 0.05) is 43.8 Å². The molecule has 6 heteroatoms. The van der Waals surface area contributed by atoms with E-state index in [9.17, 15) is 9.59 Å². The maximum absolute atomic E-state index is 13.4. The van der Waals surface area contributed by atoms with Gasteiger partial charge in [0.2, 0.25) is 0 Å². The number of hydrogen-bond acceptors (Lipinski definition) is 4. The van der Waals surface area contributed by atoms with Crippen molar-refractivity contribution in [1.82, 2.24) is 14.7 Å². The van der Waals surface area contributed by atoms with Crippen LogP contribution in [0, 0.1) is 0 Å².